The van der Waals surface area contributed by atoms with E-state index in [1.807, 2.05) is 25.4 Å². The van der Waals surface area contributed by atoms with Crippen molar-refractivity contribution < 1.29 is 9.21 Å². The van der Waals surface area contributed by atoms with Crippen LogP contribution in [0.25, 0.3) is 17.3 Å². The van der Waals surface area contributed by atoms with Gasteiger partial charge in [0.15, 0.2) is 0 Å². The van der Waals surface area contributed by atoms with Crippen molar-refractivity contribution in [2.24, 2.45) is 7.05 Å². The third kappa shape index (κ3) is 3.94. The number of amides is 1. The van der Waals surface area contributed by atoms with Crippen LogP contribution < -0.4 is 5.32 Å². The molecule has 3 aromatic rings. The number of furan rings is 1. The Hall–Kier alpha value is -3.15. The van der Waals surface area contributed by atoms with Crippen molar-refractivity contribution in [3.05, 3.63) is 66.5 Å². The molecule has 0 atom stereocenters. The smallest absolute Gasteiger partial charge is 0.244 e. The molecule has 1 amide bonds. The second-order valence-corrected chi connectivity index (χ2v) is 5.02. The number of hydrogen-bond donors (Lipinski definition) is 1. The van der Waals surface area contributed by atoms with Gasteiger partial charge in [0.1, 0.15) is 5.76 Å². The number of carbonyl (C=O) groups excluding carboxylic acids is 1. The molecular weight excluding hydrogens is 292 g/mol. The van der Waals surface area contributed by atoms with E-state index in [0.717, 1.165) is 16.8 Å². The van der Waals surface area contributed by atoms with Gasteiger partial charge in [-0.2, -0.15) is 5.10 Å². The Morgan fingerprint density at radius 1 is 1.35 bits per heavy atom. The molecule has 0 aliphatic heterocycles. The van der Waals surface area contributed by atoms with Gasteiger partial charge in [-0.1, -0.05) is 6.07 Å². The van der Waals surface area contributed by atoms with Gasteiger partial charge in [0.2, 0.25) is 5.91 Å². The van der Waals surface area contributed by atoms with E-state index in [-0.39, 0.29) is 5.91 Å². The second kappa shape index (κ2) is 6.74. The largest absolute Gasteiger partial charge is 0.465 e. The molecule has 3 aromatic heterocycles. The highest BCUT2D eigenvalue weighted by Crippen LogP contribution is 2.15. The van der Waals surface area contributed by atoms with Crippen molar-refractivity contribution in [1.29, 1.82) is 0 Å². The Bertz CT molecular complexity index is 802. The van der Waals surface area contributed by atoms with E-state index in [4.69, 9.17) is 4.42 Å². The molecule has 0 unspecified atom stereocenters. The normalized spacial score (nSPS) is 11.0. The lowest BCUT2D eigenvalue weighted by atomic mass is 10.2. The molecule has 0 radical (unpaired) electrons. The van der Waals surface area contributed by atoms with Crippen LogP contribution in [-0.2, 0) is 18.4 Å². The molecule has 0 saturated carbocycles. The number of aryl methyl sites for hydroxylation is 1. The molecule has 116 valence electrons. The Morgan fingerprint density at radius 2 is 2.26 bits per heavy atom. The van der Waals surface area contributed by atoms with Gasteiger partial charge in [0, 0.05) is 37.6 Å². The Morgan fingerprint density at radius 3 is 2.91 bits per heavy atom. The minimum atomic E-state index is -0.183. The molecular formula is C17H16N4O2. The summed E-state index contributed by atoms with van der Waals surface area (Å²) in [7, 11) is 1.86. The van der Waals surface area contributed by atoms with E-state index >= 15 is 0 Å². The van der Waals surface area contributed by atoms with Crippen molar-refractivity contribution >= 4 is 12.0 Å². The fraction of sp³-hybridized carbons (Fsp3) is 0.118. The summed E-state index contributed by atoms with van der Waals surface area (Å²) >= 11 is 0. The summed E-state index contributed by atoms with van der Waals surface area (Å²) in [5, 5.41) is 6.92. The molecule has 6 nitrogen and oxygen atoms in total. The predicted molar refractivity (Wildman–Crippen MR) is 86.0 cm³/mol. The predicted octanol–water partition coefficient (Wildman–Crippen LogP) is 2.40. The first-order chi connectivity index (χ1) is 11.2. The quantitative estimate of drug-likeness (QED) is 0.735. The zero-order chi connectivity index (χ0) is 16.1. The van der Waals surface area contributed by atoms with Crippen molar-refractivity contribution in [3.63, 3.8) is 0 Å². The van der Waals surface area contributed by atoms with E-state index in [2.05, 4.69) is 15.4 Å². The van der Waals surface area contributed by atoms with Crippen LogP contribution in [-0.4, -0.2) is 20.7 Å². The monoisotopic (exact) mass is 308 g/mol. The summed E-state index contributed by atoms with van der Waals surface area (Å²) < 4.78 is 6.85. The number of nitrogens with zero attached hydrogens (tertiary/aromatic N) is 3. The number of nitrogens with one attached hydrogen (secondary N) is 1. The van der Waals surface area contributed by atoms with E-state index in [1.54, 1.807) is 41.5 Å². The van der Waals surface area contributed by atoms with Crippen molar-refractivity contribution in [2.45, 2.75) is 6.54 Å². The van der Waals surface area contributed by atoms with E-state index < -0.39 is 0 Å². The van der Waals surface area contributed by atoms with E-state index in [0.29, 0.717) is 12.3 Å². The Balaban J connectivity index is 1.55. The average Bonchev–Trinajstić information content (AvgIpc) is 3.23. The SMILES string of the molecule is Cn1cc(-c2ccc(CNC(=O)/C=C/c3ccco3)cn2)cn1. The third-order valence-corrected chi connectivity index (χ3v) is 3.23. The molecule has 3 rings (SSSR count). The van der Waals surface area contributed by atoms with Crippen molar-refractivity contribution in [3.8, 4) is 11.3 Å². The van der Waals surface area contributed by atoms with Crippen LogP contribution >= 0.6 is 0 Å². The number of hydrogen-bond acceptors (Lipinski definition) is 4. The summed E-state index contributed by atoms with van der Waals surface area (Å²) in [5.74, 6) is 0.459. The number of aromatic nitrogens is 3. The van der Waals surface area contributed by atoms with Crippen LogP contribution in [0.5, 0.6) is 0 Å². The van der Waals surface area contributed by atoms with E-state index in [1.165, 1.54) is 6.08 Å². The van der Waals surface area contributed by atoms with Gasteiger partial charge in [-0.25, -0.2) is 0 Å². The Kier molecular flexibility index (Phi) is 4.33. The standard InChI is InChI=1S/C17H16N4O2/c1-21-12-14(11-20-21)16-6-4-13(9-18-16)10-19-17(22)7-5-15-3-2-8-23-15/h2-9,11-12H,10H2,1H3,(H,19,22)/b7-5+. The molecule has 23 heavy (non-hydrogen) atoms. The first-order valence-corrected chi connectivity index (χ1v) is 7.14. The average molecular weight is 308 g/mol. The molecule has 0 bridgehead atoms. The minimum absolute atomic E-state index is 0.183. The summed E-state index contributed by atoms with van der Waals surface area (Å²) in [6.07, 6.45) is 10.0. The van der Waals surface area contributed by atoms with Crippen LogP contribution in [0.3, 0.4) is 0 Å². The lowest BCUT2D eigenvalue weighted by molar-refractivity contribution is -0.116. The van der Waals surface area contributed by atoms with Gasteiger partial charge in [0.25, 0.3) is 0 Å². The summed E-state index contributed by atoms with van der Waals surface area (Å²) in [5.41, 5.74) is 2.74. The first-order valence-electron chi connectivity index (χ1n) is 7.14. The molecule has 6 heteroatoms. The lowest BCUT2D eigenvalue weighted by Crippen LogP contribution is -2.20. The molecule has 0 saturated heterocycles. The van der Waals surface area contributed by atoms with E-state index in [9.17, 15) is 4.79 Å². The van der Waals surface area contributed by atoms with Gasteiger partial charge in [-0.15, -0.1) is 0 Å². The maximum atomic E-state index is 11.7. The minimum Gasteiger partial charge on any atom is -0.465 e. The molecule has 0 fully saturated rings. The van der Waals surface area contributed by atoms with Gasteiger partial charge in [-0.05, 0) is 29.8 Å². The molecule has 1 N–H and O–H groups in total. The Labute approximate surface area is 133 Å². The van der Waals surface area contributed by atoms with Crippen LogP contribution in [0.4, 0.5) is 0 Å². The zero-order valence-corrected chi connectivity index (χ0v) is 12.6. The fourth-order valence-corrected chi connectivity index (χ4v) is 2.05. The third-order valence-electron chi connectivity index (χ3n) is 3.23. The first kappa shape index (κ1) is 14.8. The molecule has 0 aromatic carbocycles. The van der Waals surface area contributed by atoms with Gasteiger partial charge >= 0.3 is 0 Å². The van der Waals surface area contributed by atoms with Crippen molar-refractivity contribution in [2.75, 3.05) is 0 Å². The highest BCUT2D eigenvalue weighted by molar-refractivity contribution is 5.91. The van der Waals surface area contributed by atoms with Crippen LogP contribution in [0.15, 0.2) is 59.6 Å². The number of pyridine rings is 1. The molecule has 0 aliphatic rings. The molecule has 3 heterocycles. The summed E-state index contributed by atoms with van der Waals surface area (Å²) in [6, 6.07) is 7.40. The number of rotatable bonds is 5. The number of carbonyl (C=O) groups is 1. The maximum Gasteiger partial charge on any atom is 0.244 e. The fourth-order valence-electron chi connectivity index (χ4n) is 2.05. The van der Waals surface area contributed by atoms with Crippen LogP contribution in [0, 0.1) is 0 Å². The summed E-state index contributed by atoms with van der Waals surface area (Å²) in [6.45, 7) is 0.418. The van der Waals surface area contributed by atoms with Gasteiger partial charge < -0.3 is 9.73 Å². The topological polar surface area (TPSA) is 73.0 Å². The second-order valence-electron chi connectivity index (χ2n) is 5.02. The maximum absolute atomic E-state index is 11.7. The zero-order valence-electron chi connectivity index (χ0n) is 12.6. The van der Waals surface area contributed by atoms with Crippen LogP contribution in [0.1, 0.15) is 11.3 Å². The highest BCUT2D eigenvalue weighted by atomic mass is 16.3. The lowest BCUT2D eigenvalue weighted by Gasteiger charge is -2.03. The van der Waals surface area contributed by atoms with Crippen molar-refractivity contribution in [1.82, 2.24) is 20.1 Å². The van der Waals surface area contributed by atoms with Gasteiger partial charge in [-0.3, -0.25) is 14.5 Å². The highest BCUT2D eigenvalue weighted by Gasteiger charge is 2.03. The summed E-state index contributed by atoms with van der Waals surface area (Å²) in [4.78, 5) is 16.1. The van der Waals surface area contributed by atoms with Crippen LogP contribution in [0.2, 0.25) is 0 Å². The van der Waals surface area contributed by atoms with Gasteiger partial charge in [0.05, 0.1) is 18.2 Å². The molecule has 0 aliphatic carbocycles. The molecule has 0 spiro atoms.